The van der Waals surface area contributed by atoms with Crippen LogP contribution in [0.1, 0.15) is 25.3 Å². The first-order chi connectivity index (χ1) is 12.8. The van der Waals surface area contributed by atoms with Crippen LogP contribution < -0.4 is 4.90 Å². The van der Waals surface area contributed by atoms with Gasteiger partial charge in [0.1, 0.15) is 12.1 Å². The molecule has 1 saturated heterocycles. The normalized spacial score (nSPS) is 16.3. The maximum absolute atomic E-state index is 12.7. The number of anilines is 1. The number of aliphatic carboxylic acids is 1. The minimum atomic E-state index is -1.32. The standard InChI is InChI=1S/C19H23N3O5/c1-4-5-10-21-17(25)15(18(26)22(19(21)27)12-16(23)24)11-13-6-8-14(9-7-13)20(2)3/h6-9,11H,4-5,10,12H2,1-3H3,(H,23,24). The molecule has 8 nitrogen and oxygen atoms in total. The van der Waals surface area contributed by atoms with Gasteiger partial charge in [0, 0.05) is 26.3 Å². The van der Waals surface area contributed by atoms with Gasteiger partial charge >= 0.3 is 12.0 Å². The first-order valence-corrected chi connectivity index (χ1v) is 8.64. The van der Waals surface area contributed by atoms with Crippen molar-refractivity contribution in [3.63, 3.8) is 0 Å². The van der Waals surface area contributed by atoms with E-state index in [9.17, 15) is 19.2 Å². The largest absolute Gasteiger partial charge is 0.480 e. The maximum Gasteiger partial charge on any atom is 0.334 e. The molecule has 0 saturated carbocycles. The smallest absolute Gasteiger partial charge is 0.334 e. The van der Waals surface area contributed by atoms with Gasteiger partial charge in [0.2, 0.25) is 0 Å². The highest BCUT2D eigenvalue weighted by atomic mass is 16.4. The molecule has 0 spiro atoms. The molecule has 0 atom stereocenters. The average molecular weight is 373 g/mol. The summed E-state index contributed by atoms with van der Waals surface area (Å²) in [5, 5.41) is 9.01. The third kappa shape index (κ3) is 4.52. The van der Waals surface area contributed by atoms with Crippen molar-refractivity contribution in [2.45, 2.75) is 19.8 Å². The Morgan fingerprint density at radius 2 is 1.67 bits per heavy atom. The molecule has 1 heterocycles. The van der Waals surface area contributed by atoms with Gasteiger partial charge in [-0.25, -0.2) is 9.69 Å². The van der Waals surface area contributed by atoms with Crippen molar-refractivity contribution >= 4 is 35.6 Å². The van der Waals surface area contributed by atoms with Crippen LogP contribution in [0.4, 0.5) is 10.5 Å². The number of amides is 4. The molecule has 8 heteroatoms. The molecule has 27 heavy (non-hydrogen) atoms. The fourth-order valence-electron chi connectivity index (χ4n) is 2.65. The minimum absolute atomic E-state index is 0.133. The Hall–Kier alpha value is -3.16. The summed E-state index contributed by atoms with van der Waals surface area (Å²) in [6.45, 7) is 1.25. The number of imide groups is 2. The predicted molar refractivity (Wildman–Crippen MR) is 100 cm³/mol. The summed E-state index contributed by atoms with van der Waals surface area (Å²) in [6.07, 6.45) is 2.71. The lowest BCUT2D eigenvalue weighted by Crippen LogP contribution is -2.57. The van der Waals surface area contributed by atoms with Crippen molar-refractivity contribution in [1.29, 1.82) is 0 Å². The van der Waals surface area contributed by atoms with Crippen molar-refractivity contribution in [2.24, 2.45) is 0 Å². The van der Waals surface area contributed by atoms with Gasteiger partial charge in [-0.1, -0.05) is 25.5 Å². The van der Waals surface area contributed by atoms with Gasteiger partial charge in [0.05, 0.1) is 0 Å². The first-order valence-electron chi connectivity index (χ1n) is 8.64. The number of urea groups is 1. The van der Waals surface area contributed by atoms with Crippen LogP contribution in [0.15, 0.2) is 29.8 Å². The fourth-order valence-corrected chi connectivity index (χ4v) is 2.65. The Balaban J connectivity index is 2.41. The van der Waals surface area contributed by atoms with Crippen molar-refractivity contribution in [3.05, 3.63) is 35.4 Å². The number of benzene rings is 1. The minimum Gasteiger partial charge on any atom is -0.480 e. The van der Waals surface area contributed by atoms with Gasteiger partial charge in [-0.3, -0.25) is 19.3 Å². The van der Waals surface area contributed by atoms with Crippen molar-refractivity contribution in [3.8, 4) is 0 Å². The highest BCUT2D eigenvalue weighted by Crippen LogP contribution is 2.22. The number of barbiturate groups is 1. The number of carboxylic acid groups (broad SMARTS) is 1. The highest BCUT2D eigenvalue weighted by molar-refractivity contribution is 6.31. The summed E-state index contributed by atoms with van der Waals surface area (Å²) in [6, 6.07) is 6.27. The average Bonchev–Trinajstić information content (AvgIpc) is 2.62. The highest BCUT2D eigenvalue weighted by Gasteiger charge is 2.42. The Morgan fingerprint density at radius 3 is 2.19 bits per heavy atom. The summed E-state index contributed by atoms with van der Waals surface area (Å²) in [4.78, 5) is 52.2. The lowest BCUT2D eigenvalue weighted by molar-refractivity contribution is -0.144. The molecule has 1 fully saturated rings. The van der Waals surface area contributed by atoms with Gasteiger partial charge in [-0.05, 0) is 30.2 Å². The summed E-state index contributed by atoms with van der Waals surface area (Å²) >= 11 is 0. The summed E-state index contributed by atoms with van der Waals surface area (Å²) < 4.78 is 0. The molecule has 0 radical (unpaired) electrons. The van der Waals surface area contributed by atoms with E-state index >= 15 is 0 Å². The van der Waals surface area contributed by atoms with Crippen LogP contribution in [-0.4, -0.2) is 65.9 Å². The molecule has 1 N–H and O–H groups in total. The molecule has 1 aromatic carbocycles. The number of rotatable bonds is 7. The number of carbonyl (C=O) groups is 4. The van der Waals surface area contributed by atoms with Crippen LogP contribution in [0, 0.1) is 0 Å². The molecule has 4 amide bonds. The third-order valence-corrected chi connectivity index (χ3v) is 4.16. The van der Waals surface area contributed by atoms with E-state index in [0.29, 0.717) is 16.9 Å². The summed E-state index contributed by atoms with van der Waals surface area (Å²) in [5.74, 6) is -2.91. The fraction of sp³-hybridized carbons (Fsp3) is 0.368. The van der Waals surface area contributed by atoms with Crippen molar-refractivity contribution < 1.29 is 24.3 Å². The van der Waals surface area contributed by atoms with Gasteiger partial charge in [-0.2, -0.15) is 0 Å². The first kappa shape index (κ1) is 20.2. The molecule has 144 valence electrons. The van der Waals surface area contributed by atoms with E-state index in [1.165, 1.54) is 6.08 Å². The quantitative estimate of drug-likeness (QED) is 0.578. The Labute approximate surface area is 157 Å². The third-order valence-electron chi connectivity index (χ3n) is 4.16. The number of carboxylic acids is 1. The van der Waals surface area contributed by atoms with Crippen LogP contribution in [-0.2, 0) is 14.4 Å². The van der Waals surface area contributed by atoms with E-state index in [4.69, 9.17) is 5.11 Å². The second kappa shape index (κ2) is 8.48. The van der Waals surface area contributed by atoms with E-state index < -0.39 is 30.4 Å². The number of hydrogen-bond acceptors (Lipinski definition) is 5. The van der Waals surface area contributed by atoms with Crippen molar-refractivity contribution in [2.75, 3.05) is 32.1 Å². The number of hydrogen-bond donors (Lipinski definition) is 1. The molecule has 0 unspecified atom stereocenters. The number of unbranched alkanes of at least 4 members (excludes halogenated alkanes) is 1. The summed E-state index contributed by atoms with van der Waals surface area (Å²) in [7, 11) is 3.78. The predicted octanol–water partition coefficient (Wildman–Crippen LogP) is 1.81. The second-order valence-corrected chi connectivity index (χ2v) is 6.42. The van der Waals surface area contributed by atoms with Gasteiger partial charge in [-0.15, -0.1) is 0 Å². The van der Waals surface area contributed by atoms with Crippen LogP contribution in [0.25, 0.3) is 6.08 Å². The SMILES string of the molecule is CCCCN1C(=O)C(=Cc2ccc(N(C)C)cc2)C(=O)N(CC(=O)O)C1=O. The van der Waals surface area contributed by atoms with Gasteiger partial charge < -0.3 is 10.0 Å². The lowest BCUT2D eigenvalue weighted by Gasteiger charge is -2.33. The molecular weight excluding hydrogens is 350 g/mol. The van der Waals surface area contributed by atoms with Gasteiger partial charge in [0.25, 0.3) is 11.8 Å². The van der Waals surface area contributed by atoms with E-state index in [1.54, 1.807) is 12.1 Å². The van der Waals surface area contributed by atoms with E-state index in [1.807, 2.05) is 38.1 Å². The Morgan fingerprint density at radius 1 is 1.07 bits per heavy atom. The van der Waals surface area contributed by atoms with Crippen LogP contribution in [0.3, 0.4) is 0 Å². The molecule has 2 rings (SSSR count). The van der Waals surface area contributed by atoms with Crippen LogP contribution in [0.5, 0.6) is 0 Å². The number of carbonyl (C=O) groups excluding carboxylic acids is 3. The zero-order valence-electron chi connectivity index (χ0n) is 15.6. The zero-order chi connectivity index (χ0) is 20.1. The van der Waals surface area contributed by atoms with Crippen LogP contribution >= 0.6 is 0 Å². The van der Waals surface area contributed by atoms with Crippen LogP contribution in [0.2, 0.25) is 0 Å². The number of nitrogens with zero attached hydrogens (tertiary/aromatic N) is 3. The molecule has 0 bridgehead atoms. The summed E-state index contributed by atoms with van der Waals surface area (Å²) in [5.41, 5.74) is 1.34. The van der Waals surface area contributed by atoms with E-state index in [-0.39, 0.29) is 12.1 Å². The van der Waals surface area contributed by atoms with E-state index in [0.717, 1.165) is 17.0 Å². The van der Waals surface area contributed by atoms with Crippen molar-refractivity contribution in [1.82, 2.24) is 9.80 Å². The Bertz CT molecular complexity index is 783. The Kier molecular flexibility index (Phi) is 6.33. The van der Waals surface area contributed by atoms with Gasteiger partial charge in [0.15, 0.2) is 0 Å². The lowest BCUT2D eigenvalue weighted by atomic mass is 10.1. The molecule has 1 aliphatic heterocycles. The monoisotopic (exact) mass is 373 g/mol. The molecule has 0 aromatic heterocycles. The molecule has 1 aromatic rings. The maximum atomic E-state index is 12.7. The molecule has 1 aliphatic rings. The van der Waals surface area contributed by atoms with E-state index in [2.05, 4.69) is 0 Å². The zero-order valence-corrected chi connectivity index (χ0v) is 15.6. The molecule has 0 aliphatic carbocycles. The molecular formula is C19H23N3O5. The topological polar surface area (TPSA) is 98.2 Å². The second-order valence-electron chi connectivity index (χ2n) is 6.42.